The van der Waals surface area contributed by atoms with Crippen molar-refractivity contribution in [1.29, 1.82) is 0 Å². The van der Waals surface area contributed by atoms with Crippen molar-refractivity contribution in [2.45, 2.75) is 37.8 Å². The number of phenolic OH excluding ortho intramolecular Hbond substituents is 1. The smallest absolute Gasteiger partial charge is 0.258 e. The van der Waals surface area contributed by atoms with Crippen LogP contribution in [0.3, 0.4) is 0 Å². The average Bonchev–Trinajstić information content (AvgIpc) is 2.82. The lowest BCUT2D eigenvalue weighted by molar-refractivity contribution is 0.0886. The van der Waals surface area contributed by atoms with Crippen LogP contribution < -0.4 is 15.4 Å². The summed E-state index contributed by atoms with van der Waals surface area (Å²) in [5, 5.41) is 15.5. The fourth-order valence-electron chi connectivity index (χ4n) is 3.90. The number of carbonyl (C=O) groups is 2. The SMILES string of the molecule is O=C(NC1CCC(NC(=O)c2c(O)cccc2F)CC1)c1cccnc1Oc1ccc(F)cc1. The third kappa shape index (κ3) is 5.48. The topological polar surface area (TPSA) is 101 Å². The van der Waals surface area contributed by atoms with Gasteiger partial charge in [0.15, 0.2) is 0 Å². The number of hydrogen-bond donors (Lipinski definition) is 3. The predicted molar refractivity (Wildman–Crippen MR) is 120 cm³/mol. The van der Waals surface area contributed by atoms with Gasteiger partial charge in [0.2, 0.25) is 5.88 Å². The number of phenols is 1. The summed E-state index contributed by atoms with van der Waals surface area (Å²) in [6.45, 7) is 0. The van der Waals surface area contributed by atoms with Crippen molar-refractivity contribution in [3.05, 3.63) is 83.6 Å². The Morgan fingerprint density at radius 2 is 1.53 bits per heavy atom. The number of hydrogen-bond acceptors (Lipinski definition) is 5. The molecule has 0 radical (unpaired) electrons. The van der Waals surface area contributed by atoms with Crippen LogP contribution in [-0.2, 0) is 0 Å². The molecule has 0 saturated heterocycles. The van der Waals surface area contributed by atoms with Gasteiger partial charge in [-0.15, -0.1) is 0 Å². The molecule has 1 fully saturated rings. The maximum Gasteiger partial charge on any atom is 0.258 e. The van der Waals surface area contributed by atoms with Gasteiger partial charge in [0.1, 0.15) is 34.3 Å². The van der Waals surface area contributed by atoms with E-state index in [1.165, 1.54) is 42.6 Å². The van der Waals surface area contributed by atoms with E-state index in [4.69, 9.17) is 4.74 Å². The van der Waals surface area contributed by atoms with E-state index >= 15 is 0 Å². The summed E-state index contributed by atoms with van der Waals surface area (Å²) in [7, 11) is 0. The fourth-order valence-corrected chi connectivity index (χ4v) is 3.90. The molecule has 1 heterocycles. The number of amides is 2. The minimum atomic E-state index is -0.784. The van der Waals surface area contributed by atoms with Crippen molar-refractivity contribution in [2.24, 2.45) is 0 Å². The van der Waals surface area contributed by atoms with Crippen molar-refractivity contribution in [3.63, 3.8) is 0 Å². The molecule has 1 aromatic heterocycles. The lowest BCUT2D eigenvalue weighted by Gasteiger charge is -2.29. The Morgan fingerprint density at radius 1 is 0.882 bits per heavy atom. The third-order valence-electron chi connectivity index (χ3n) is 5.66. The zero-order chi connectivity index (χ0) is 24.1. The van der Waals surface area contributed by atoms with Gasteiger partial charge in [-0.25, -0.2) is 13.8 Å². The summed E-state index contributed by atoms with van der Waals surface area (Å²) in [4.78, 5) is 29.4. The molecular formula is C25H23F2N3O4. The van der Waals surface area contributed by atoms with E-state index in [-0.39, 0.29) is 35.0 Å². The van der Waals surface area contributed by atoms with E-state index in [9.17, 15) is 23.5 Å². The van der Waals surface area contributed by atoms with Gasteiger partial charge in [0, 0.05) is 18.3 Å². The second kappa shape index (κ2) is 10.3. The van der Waals surface area contributed by atoms with Crippen LogP contribution >= 0.6 is 0 Å². The zero-order valence-electron chi connectivity index (χ0n) is 18.1. The molecule has 1 saturated carbocycles. The first-order chi connectivity index (χ1) is 16.4. The minimum absolute atomic E-state index is 0.109. The lowest BCUT2D eigenvalue weighted by Crippen LogP contribution is -2.44. The quantitative estimate of drug-likeness (QED) is 0.501. The van der Waals surface area contributed by atoms with E-state index in [0.717, 1.165) is 6.07 Å². The van der Waals surface area contributed by atoms with E-state index in [0.29, 0.717) is 31.4 Å². The number of aromatic nitrogens is 1. The van der Waals surface area contributed by atoms with Gasteiger partial charge in [0.05, 0.1) is 0 Å². The molecule has 3 N–H and O–H groups in total. The molecule has 0 unspecified atom stereocenters. The molecule has 2 amide bonds. The molecule has 9 heteroatoms. The second-order valence-corrected chi connectivity index (χ2v) is 8.04. The standard InChI is InChI=1S/C25H23F2N3O4/c26-15-6-12-18(13-7-15)34-25-19(3-2-14-28-25)23(32)29-16-8-10-17(11-9-16)30-24(33)22-20(27)4-1-5-21(22)31/h1-7,12-14,16-17,31H,8-11H2,(H,29,32)(H,30,33). The molecule has 0 atom stereocenters. The Balaban J connectivity index is 1.33. The molecule has 7 nitrogen and oxygen atoms in total. The number of nitrogens with zero attached hydrogens (tertiary/aromatic N) is 1. The van der Waals surface area contributed by atoms with Crippen LogP contribution in [0.2, 0.25) is 0 Å². The van der Waals surface area contributed by atoms with Crippen molar-refractivity contribution in [1.82, 2.24) is 15.6 Å². The van der Waals surface area contributed by atoms with Gasteiger partial charge in [-0.2, -0.15) is 0 Å². The van der Waals surface area contributed by atoms with Crippen molar-refractivity contribution in [3.8, 4) is 17.4 Å². The van der Waals surface area contributed by atoms with Crippen LogP contribution in [0.4, 0.5) is 8.78 Å². The second-order valence-electron chi connectivity index (χ2n) is 8.04. The Bertz CT molecular complexity index is 1160. The van der Waals surface area contributed by atoms with Gasteiger partial charge in [0.25, 0.3) is 11.8 Å². The normalized spacial score (nSPS) is 17.6. The monoisotopic (exact) mass is 467 g/mol. The number of carbonyl (C=O) groups excluding carboxylic acids is 2. The van der Waals surface area contributed by atoms with Gasteiger partial charge >= 0.3 is 0 Å². The highest BCUT2D eigenvalue weighted by molar-refractivity contribution is 5.97. The highest BCUT2D eigenvalue weighted by Gasteiger charge is 2.27. The molecule has 0 aliphatic heterocycles. The number of pyridine rings is 1. The zero-order valence-corrected chi connectivity index (χ0v) is 18.1. The predicted octanol–water partition coefficient (Wildman–Crippen LogP) is 4.33. The summed E-state index contributed by atoms with van der Waals surface area (Å²) in [5.41, 5.74) is -0.125. The maximum atomic E-state index is 13.9. The minimum Gasteiger partial charge on any atom is -0.507 e. The Morgan fingerprint density at radius 3 is 2.18 bits per heavy atom. The molecule has 2 aromatic carbocycles. The molecule has 1 aliphatic carbocycles. The first-order valence-corrected chi connectivity index (χ1v) is 10.9. The molecule has 34 heavy (non-hydrogen) atoms. The van der Waals surface area contributed by atoms with E-state index in [2.05, 4.69) is 15.6 Å². The summed E-state index contributed by atoms with van der Waals surface area (Å²) in [5.74, 6) is -2.15. The van der Waals surface area contributed by atoms with Crippen molar-refractivity contribution >= 4 is 11.8 Å². The fraction of sp³-hybridized carbons (Fsp3) is 0.240. The number of rotatable bonds is 6. The highest BCUT2D eigenvalue weighted by atomic mass is 19.1. The van der Waals surface area contributed by atoms with Crippen LogP contribution in [0, 0.1) is 11.6 Å². The van der Waals surface area contributed by atoms with Crippen LogP contribution in [0.25, 0.3) is 0 Å². The van der Waals surface area contributed by atoms with Crippen LogP contribution in [-0.4, -0.2) is 34.0 Å². The first kappa shape index (κ1) is 23.2. The van der Waals surface area contributed by atoms with Gasteiger partial charge in [-0.3, -0.25) is 9.59 Å². The molecule has 176 valence electrons. The number of halogens is 2. The molecule has 0 spiro atoms. The summed E-state index contributed by atoms with van der Waals surface area (Å²) in [6.07, 6.45) is 3.87. The number of benzene rings is 2. The Hall–Kier alpha value is -4.01. The molecular weight excluding hydrogens is 444 g/mol. The van der Waals surface area contributed by atoms with Crippen LogP contribution in [0.5, 0.6) is 17.4 Å². The highest BCUT2D eigenvalue weighted by Crippen LogP contribution is 2.25. The van der Waals surface area contributed by atoms with Crippen LogP contribution in [0.15, 0.2) is 60.8 Å². The molecule has 1 aliphatic rings. The van der Waals surface area contributed by atoms with E-state index in [1.54, 1.807) is 12.1 Å². The Labute approximate surface area is 194 Å². The van der Waals surface area contributed by atoms with Crippen molar-refractivity contribution in [2.75, 3.05) is 0 Å². The molecule has 3 aromatic rings. The summed E-state index contributed by atoms with van der Waals surface area (Å²) in [6, 6.07) is 12.0. The van der Waals surface area contributed by atoms with Crippen LogP contribution in [0.1, 0.15) is 46.4 Å². The Kier molecular flexibility index (Phi) is 7.01. The lowest BCUT2D eigenvalue weighted by atomic mass is 9.90. The van der Waals surface area contributed by atoms with Gasteiger partial charge in [-0.05, 0) is 74.2 Å². The largest absolute Gasteiger partial charge is 0.507 e. The average molecular weight is 467 g/mol. The van der Waals surface area contributed by atoms with Gasteiger partial charge in [-0.1, -0.05) is 6.07 Å². The number of ether oxygens (including phenoxy) is 1. The maximum absolute atomic E-state index is 13.9. The molecule has 0 bridgehead atoms. The van der Waals surface area contributed by atoms with Gasteiger partial charge < -0.3 is 20.5 Å². The first-order valence-electron chi connectivity index (χ1n) is 10.9. The van der Waals surface area contributed by atoms with E-state index < -0.39 is 23.3 Å². The van der Waals surface area contributed by atoms with Crippen molar-refractivity contribution < 1.29 is 28.2 Å². The van der Waals surface area contributed by atoms with E-state index in [1.807, 2.05) is 0 Å². The number of aromatic hydroxyl groups is 1. The summed E-state index contributed by atoms with van der Waals surface area (Å²) >= 11 is 0. The molecule has 4 rings (SSSR count). The summed E-state index contributed by atoms with van der Waals surface area (Å²) < 4.78 is 32.7. The third-order valence-corrected chi connectivity index (χ3v) is 5.66. The number of nitrogens with one attached hydrogen (secondary N) is 2.